The number of carboxylic acids is 1. The molecule has 0 amide bonds. The highest BCUT2D eigenvalue weighted by molar-refractivity contribution is 7.99. The van der Waals surface area contributed by atoms with Gasteiger partial charge in [-0.2, -0.15) is 11.8 Å². The topological polar surface area (TPSA) is 37.3 Å². The molecule has 0 heterocycles. The van der Waals surface area contributed by atoms with Gasteiger partial charge in [0.25, 0.3) is 0 Å². The van der Waals surface area contributed by atoms with Crippen molar-refractivity contribution in [1.82, 2.24) is 0 Å². The third kappa shape index (κ3) is 23.6. The van der Waals surface area contributed by atoms with Crippen LogP contribution < -0.4 is 0 Å². The van der Waals surface area contributed by atoms with E-state index in [9.17, 15) is 4.79 Å². The van der Waals surface area contributed by atoms with Gasteiger partial charge in [-0.05, 0) is 37.2 Å². The minimum Gasteiger partial charge on any atom is -0.478 e. The van der Waals surface area contributed by atoms with E-state index in [1.54, 1.807) is 6.08 Å². The Labute approximate surface area is 161 Å². The van der Waals surface area contributed by atoms with Crippen LogP contribution in [0.4, 0.5) is 0 Å². The van der Waals surface area contributed by atoms with Crippen LogP contribution in [0.2, 0.25) is 0 Å². The molecule has 0 aliphatic heterocycles. The molecule has 0 aromatic heterocycles. The number of hydrogen-bond donors (Lipinski definition) is 1. The normalized spacial score (nSPS) is 11.4. The SMILES string of the molecule is CCCCCCCCCCCCSCCCCCCCC=CC(=O)O. The minimum atomic E-state index is -0.834. The fourth-order valence-corrected chi connectivity index (χ4v) is 4.00. The molecule has 25 heavy (non-hydrogen) atoms. The van der Waals surface area contributed by atoms with Crippen molar-refractivity contribution >= 4 is 17.7 Å². The maximum atomic E-state index is 10.3. The molecule has 0 rings (SSSR count). The van der Waals surface area contributed by atoms with Crippen molar-refractivity contribution in [2.24, 2.45) is 0 Å². The molecule has 3 heteroatoms. The van der Waals surface area contributed by atoms with Crippen LogP contribution in [-0.4, -0.2) is 22.6 Å². The van der Waals surface area contributed by atoms with E-state index in [0.717, 1.165) is 12.8 Å². The summed E-state index contributed by atoms with van der Waals surface area (Å²) < 4.78 is 0. The lowest BCUT2D eigenvalue weighted by Gasteiger charge is -2.03. The number of aliphatic carboxylic acids is 1. The number of thioether (sulfide) groups is 1. The summed E-state index contributed by atoms with van der Waals surface area (Å²) in [7, 11) is 0. The second kappa shape index (κ2) is 21.6. The van der Waals surface area contributed by atoms with Gasteiger partial charge in [-0.1, -0.05) is 90.0 Å². The summed E-state index contributed by atoms with van der Waals surface area (Å²) in [6.45, 7) is 2.28. The van der Waals surface area contributed by atoms with Crippen molar-refractivity contribution in [3.63, 3.8) is 0 Å². The van der Waals surface area contributed by atoms with Crippen LogP contribution in [0.15, 0.2) is 12.2 Å². The van der Waals surface area contributed by atoms with Crippen LogP contribution in [0, 0.1) is 0 Å². The molecule has 0 fully saturated rings. The highest BCUT2D eigenvalue weighted by Crippen LogP contribution is 2.14. The van der Waals surface area contributed by atoms with Crippen molar-refractivity contribution in [2.75, 3.05) is 11.5 Å². The molecule has 148 valence electrons. The van der Waals surface area contributed by atoms with Gasteiger partial charge in [0.15, 0.2) is 0 Å². The zero-order chi connectivity index (χ0) is 18.4. The van der Waals surface area contributed by atoms with Crippen molar-refractivity contribution in [1.29, 1.82) is 0 Å². The Balaban J connectivity index is 3.01. The predicted molar refractivity (Wildman–Crippen MR) is 114 cm³/mol. The summed E-state index contributed by atoms with van der Waals surface area (Å²) >= 11 is 2.13. The van der Waals surface area contributed by atoms with Crippen LogP contribution >= 0.6 is 11.8 Å². The number of allylic oxidation sites excluding steroid dienone is 1. The van der Waals surface area contributed by atoms with Gasteiger partial charge in [0.2, 0.25) is 0 Å². The molecular weight excluding hydrogens is 328 g/mol. The predicted octanol–water partition coefficient (Wildman–Crippen LogP) is 7.62. The van der Waals surface area contributed by atoms with E-state index in [2.05, 4.69) is 18.7 Å². The second-order valence-corrected chi connectivity index (χ2v) is 8.32. The minimum absolute atomic E-state index is 0.834. The molecule has 0 bridgehead atoms. The number of unbranched alkanes of at least 4 members (excludes halogenated alkanes) is 14. The van der Waals surface area contributed by atoms with Crippen molar-refractivity contribution in [2.45, 2.75) is 110 Å². The average Bonchev–Trinajstić information content (AvgIpc) is 2.60. The van der Waals surface area contributed by atoms with Crippen LogP contribution in [0.25, 0.3) is 0 Å². The molecule has 0 saturated carbocycles. The summed E-state index contributed by atoms with van der Waals surface area (Å²) in [6, 6.07) is 0. The number of hydrogen-bond acceptors (Lipinski definition) is 2. The molecule has 0 aromatic carbocycles. The maximum absolute atomic E-state index is 10.3. The Kier molecular flexibility index (Phi) is 21.2. The fraction of sp³-hybridized carbons (Fsp3) is 0.864. The molecule has 2 nitrogen and oxygen atoms in total. The van der Waals surface area contributed by atoms with Crippen LogP contribution in [0.1, 0.15) is 110 Å². The van der Waals surface area contributed by atoms with E-state index >= 15 is 0 Å². The molecule has 0 saturated heterocycles. The number of carboxylic acid groups (broad SMARTS) is 1. The zero-order valence-electron chi connectivity index (χ0n) is 16.6. The lowest BCUT2D eigenvalue weighted by atomic mass is 10.1. The van der Waals surface area contributed by atoms with E-state index in [4.69, 9.17) is 5.11 Å². The molecule has 1 N–H and O–H groups in total. The van der Waals surface area contributed by atoms with Gasteiger partial charge in [0, 0.05) is 6.08 Å². The highest BCUT2D eigenvalue weighted by Gasteiger charge is 1.95. The molecule has 0 atom stereocenters. The quantitative estimate of drug-likeness (QED) is 0.177. The molecule has 0 spiro atoms. The summed E-state index contributed by atoms with van der Waals surface area (Å²) in [5.74, 6) is 1.83. The van der Waals surface area contributed by atoms with Crippen molar-refractivity contribution < 1.29 is 9.90 Å². The molecular formula is C22H42O2S. The standard InChI is InChI=1S/C22H42O2S/c1-2-3-4-5-6-7-8-11-14-17-20-25-21-18-15-12-9-10-13-16-19-22(23)24/h16,19H,2-15,17-18,20-21H2,1H3,(H,23,24). The van der Waals surface area contributed by atoms with Crippen LogP contribution in [0.3, 0.4) is 0 Å². The van der Waals surface area contributed by atoms with Gasteiger partial charge >= 0.3 is 5.97 Å². The first-order chi connectivity index (χ1) is 12.3. The smallest absolute Gasteiger partial charge is 0.327 e. The molecule has 0 aromatic rings. The Hall–Kier alpha value is -0.440. The maximum Gasteiger partial charge on any atom is 0.327 e. The third-order valence-corrected chi connectivity index (χ3v) is 5.72. The Morgan fingerprint density at radius 2 is 1.16 bits per heavy atom. The second-order valence-electron chi connectivity index (χ2n) is 7.09. The monoisotopic (exact) mass is 370 g/mol. The summed E-state index contributed by atoms with van der Waals surface area (Å²) in [5, 5.41) is 8.48. The Bertz CT molecular complexity index is 302. The van der Waals surface area contributed by atoms with E-state index in [1.807, 2.05) is 0 Å². The van der Waals surface area contributed by atoms with Crippen LogP contribution in [0.5, 0.6) is 0 Å². The Morgan fingerprint density at radius 3 is 1.64 bits per heavy atom. The summed E-state index contributed by atoms with van der Waals surface area (Å²) in [6.07, 6.45) is 24.5. The van der Waals surface area contributed by atoms with Gasteiger partial charge in [-0.25, -0.2) is 4.79 Å². The van der Waals surface area contributed by atoms with Gasteiger partial charge in [0.05, 0.1) is 0 Å². The molecule has 0 unspecified atom stereocenters. The summed E-state index contributed by atoms with van der Waals surface area (Å²) in [5.41, 5.74) is 0. The van der Waals surface area contributed by atoms with Crippen molar-refractivity contribution in [3.05, 3.63) is 12.2 Å². The van der Waals surface area contributed by atoms with Gasteiger partial charge in [-0.3, -0.25) is 0 Å². The fourth-order valence-electron chi connectivity index (χ4n) is 2.97. The van der Waals surface area contributed by atoms with Crippen LogP contribution in [-0.2, 0) is 4.79 Å². The van der Waals surface area contributed by atoms with Gasteiger partial charge in [-0.15, -0.1) is 0 Å². The Morgan fingerprint density at radius 1 is 0.720 bits per heavy atom. The average molecular weight is 371 g/mol. The van der Waals surface area contributed by atoms with E-state index in [0.29, 0.717) is 0 Å². The number of rotatable bonds is 20. The molecule has 0 aliphatic rings. The third-order valence-electron chi connectivity index (χ3n) is 4.56. The van der Waals surface area contributed by atoms with Gasteiger partial charge < -0.3 is 5.11 Å². The zero-order valence-corrected chi connectivity index (χ0v) is 17.5. The number of carbonyl (C=O) groups is 1. The van der Waals surface area contributed by atoms with E-state index in [-0.39, 0.29) is 0 Å². The van der Waals surface area contributed by atoms with E-state index < -0.39 is 5.97 Å². The molecule has 0 aliphatic carbocycles. The molecule has 0 radical (unpaired) electrons. The van der Waals surface area contributed by atoms with Gasteiger partial charge in [0.1, 0.15) is 0 Å². The lowest BCUT2D eigenvalue weighted by molar-refractivity contribution is -0.131. The largest absolute Gasteiger partial charge is 0.478 e. The lowest BCUT2D eigenvalue weighted by Crippen LogP contribution is -1.87. The first-order valence-corrected chi connectivity index (χ1v) is 11.9. The highest BCUT2D eigenvalue weighted by atomic mass is 32.2. The van der Waals surface area contributed by atoms with E-state index in [1.165, 1.54) is 107 Å². The summed E-state index contributed by atoms with van der Waals surface area (Å²) in [4.78, 5) is 10.3. The first-order valence-electron chi connectivity index (χ1n) is 10.7. The first kappa shape index (κ1) is 24.6. The van der Waals surface area contributed by atoms with Crippen molar-refractivity contribution in [3.8, 4) is 0 Å².